The van der Waals surface area contributed by atoms with Gasteiger partial charge in [0.2, 0.25) is 5.91 Å². The summed E-state index contributed by atoms with van der Waals surface area (Å²) < 4.78 is 5.51. The van der Waals surface area contributed by atoms with E-state index in [9.17, 15) is 4.79 Å². The zero-order chi connectivity index (χ0) is 14.4. The van der Waals surface area contributed by atoms with E-state index in [1.165, 1.54) is 38.5 Å². The van der Waals surface area contributed by atoms with Crippen molar-refractivity contribution in [2.24, 2.45) is 23.2 Å². The van der Waals surface area contributed by atoms with Gasteiger partial charge in [-0.1, -0.05) is 0 Å². The third kappa shape index (κ3) is 2.63. The van der Waals surface area contributed by atoms with Crippen LogP contribution in [0.25, 0.3) is 0 Å². The highest BCUT2D eigenvalue weighted by Gasteiger charge is 2.51. The molecule has 3 nitrogen and oxygen atoms in total. The third-order valence-electron chi connectivity index (χ3n) is 5.96. The fourth-order valence-corrected chi connectivity index (χ4v) is 5.68. The Morgan fingerprint density at radius 1 is 1.19 bits per heavy atom. The normalized spacial score (nSPS) is 36.9. The number of carbonyl (C=O) groups excluding carboxylic acids is 1. The zero-order valence-corrected chi connectivity index (χ0v) is 12.9. The molecule has 3 heteroatoms. The molecule has 4 fully saturated rings. The molecule has 114 valence electrons. The van der Waals surface area contributed by atoms with Gasteiger partial charge in [0.05, 0.1) is 6.54 Å². The second kappa shape index (κ2) is 4.89. The van der Waals surface area contributed by atoms with Crippen LogP contribution in [0, 0.1) is 30.1 Å². The van der Waals surface area contributed by atoms with E-state index in [0.29, 0.717) is 12.0 Å². The predicted octanol–water partition coefficient (Wildman–Crippen LogP) is 3.81. The standard InChI is InChI=1S/C18H25NO2/c1-12-2-3-16(21-12)11-19-17(20)10-18-7-13-4-14(8-18)6-15(5-13)9-18/h2-3,13-15H,4-11H2,1H3,(H,19,20). The smallest absolute Gasteiger partial charge is 0.220 e. The van der Waals surface area contributed by atoms with Gasteiger partial charge >= 0.3 is 0 Å². The molecular weight excluding hydrogens is 262 g/mol. The van der Waals surface area contributed by atoms with Crippen LogP contribution in [0.2, 0.25) is 0 Å². The molecule has 21 heavy (non-hydrogen) atoms. The molecule has 5 rings (SSSR count). The van der Waals surface area contributed by atoms with Crippen LogP contribution in [0.3, 0.4) is 0 Å². The van der Waals surface area contributed by atoms with Gasteiger partial charge in [-0.25, -0.2) is 0 Å². The van der Waals surface area contributed by atoms with E-state index in [-0.39, 0.29) is 5.91 Å². The summed E-state index contributed by atoms with van der Waals surface area (Å²) in [5.41, 5.74) is 0.331. The quantitative estimate of drug-likeness (QED) is 0.915. The summed E-state index contributed by atoms with van der Waals surface area (Å²) in [5, 5.41) is 3.05. The molecule has 0 unspecified atom stereocenters. The van der Waals surface area contributed by atoms with Crippen molar-refractivity contribution in [2.45, 2.75) is 58.4 Å². The van der Waals surface area contributed by atoms with Crippen molar-refractivity contribution < 1.29 is 9.21 Å². The van der Waals surface area contributed by atoms with E-state index in [4.69, 9.17) is 4.42 Å². The summed E-state index contributed by atoms with van der Waals surface area (Å²) in [7, 11) is 0. The first-order valence-electron chi connectivity index (χ1n) is 8.42. The van der Waals surface area contributed by atoms with E-state index in [0.717, 1.165) is 35.7 Å². The average molecular weight is 287 g/mol. The molecule has 4 aliphatic carbocycles. The molecule has 1 heterocycles. The van der Waals surface area contributed by atoms with E-state index in [1.54, 1.807) is 0 Å². The van der Waals surface area contributed by atoms with Crippen LogP contribution in [0.15, 0.2) is 16.5 Å². The number of furan rings is 1. The van der Waals surface area contributed by atoms with Gasteiger partial charge < -0.3 is 9.73 Å². The van der Waals surface area contributed by atoms with E-state index in [1.807, 2.05) is 19.1 Å². The molecule has 4 aliphatic rings. The minimum absolute atomic E-state index is 0.214. The molecule has 0 radical (unpaired) electrons. The lowest BCUT2D eigenvalue weighted by atomic mass is 9.49. The summed E-state index contributed by atoms with van der Waals surface area (Å²) in [6.45, 7) is 2.46. The summed E-state index contributed by atoms with van der Waals surface area (Å²) in [5.74, 6) is 4.71. The van der Waals surface area contributed by atoms with Crippen molar-refractivity contribution in [3.8, 4) is 0 Å². The molecule has 0 saturated heterocycles. The van der Waals surface area contributed by atoms with Crippen LogP contribution < -0.4 is 5.32 Å². The Hall–Kier alpha value is -1.25. The second-order valence-corrected chi connectivity index (χ2v) is 7.88. The van der Waals surface area contributed by atoms with Crippen LogP contribution in [0.4, 0.5) is 0 Å². The lowest BCUT2D eigenvalue weighted by molar-refractivity contribution is -0.129. The van der Waals surface area contributed by atoms with Gasteiger partial charge in [-0.2, -0.15) is 0 Å². The molecule has 0 atom stereocenters. The second-order valence-electron chi connectivity index (χ2n) is 7.88. The van der Waals surface area contributed by atoms with Crippen molar-refractivity contribution >= 4 is 5.91 Å². The van der Waals surface area contributed by atoms with Crippen molar-refractivity contribution in [3.05, 3.63) is 23.7 Å². The average Bonchev–Trinajstić information content (AvgIpc) is 2.80. The molecule has 1 amide bonds. The summed E-state index contributed by atoms with van der Waals surface area (Å²) in [4.78, 5) is 12.4. The van der Waals surface area contributed by atoms with Crippen LogP contribution in [0.1, 0.15) is 56.5 Å². The van der Waals surface area contributed by atoms with E-state index >= 15 is 0 Å². The van der Waals surface area contributed by atoms with Crippen molar-refractivity contribution in [1.82, 2.24) is 5.32 Å². The minimum atomic E-state index is 0.214. The van der Waals surface area contributed by atoms with Gasteiger partial charge in [-0.3, -0.25) is 4.79 Å². The first kappa shape index (κ1) is 13.4. The molecule has 4 saturated carbocycles. The third-order valence-corrected chi connectivity index (χ3v) is 5.96. The Bertz CT molecular complexity index is 510. The number of aryl methyl sites for hydroxylation is 1. The highest BCUT2D eigenvalue weighted by Crippen LogP contribution is 2.61. The summed E-state index contributed by atoms with van der Waals surface area (Å²) in [6, 6.07) is 3.89. The minimum Gasteiger partial charge on any atom is -0.465 e. The molecular formula is C18H25NO2. The number of carbonyl (C=O) groups is 1. The lowest BCUT2D eigenvalue weighted by Gasteiger charge is -2.56. The molecule has 4 bridgehead atoms. The zero-order valence-electron chi connectivity index (χ0n) is 12.9. The molecule has 0 aromatic carbocycles. The van der Waals surface area contributed by atoms with Gasteiger partial charge in [-0.15, -0.1) is 0 Å². The predicted molar refractivity (Wildman–Crippen MR) is 80.5 cm³/mol. The summed E-state index contributed by atoms with van der Waals surface area (Å²) >= 11 is 0. The molecule has 1 N–H and O–H groups in total. The first-order valence-corrected chi connectivity index (χ1v) is 8.42. The number of hydrogen-bond donors (Lipinski definition) is 1. The number of rotatable bonds is 4. The number of hydrogen-bond acceptors (Lipinski definition) is 2. The van der Waals surface area contributed by atoms with Gasteiger partial charge in [0.15, 0.2) is 0 Å². The van der Waals surface area contributed by atoms with Gasteiger partial charge in [-0.05, 0) is 80.8 Å². The Kier molecular flexibility index (Phi) is 3.13. The lowest BCUT2D eigenvalue weighted by Crippen LogP contribution is -2.47. The Balaban J connectivity index is 1.36. The van der Waals surface area contributed by atoms with E-state index < -0.39 is 0 Å². The van der Waals surface area contributed by atoms with Gasteiger partial charge in [0, 0.05) is 6.42 Å². The molecule has 0 aliphatic heterocycles. The first-order chi connectivity index (χ1) is 10.1. The Labute approximate surface area is 126 Å². The monoisotopic (exact) mass is 287 g/mol. The maximum absolute atomic E-state index is 12.4. The number of amides is 1. The van der Waals surface area contributed by atoms with Crippen molar-refractivity contribution in [1.29, 1.82) is 0 Å². The SMILES string of the molecule is Cc1ccc(CNC(=O)CC23CC4CC(CC(C4)C2)C3)o1. The van der Waals surface area contributed by atoms with Crippen LogP contribution in [-0.2, 0) is 11.3 Å². The maximum Gasteiger partial charge on any atom is 0.220 e. The van der Waals surface area contributed by atoms with Gasteiger partial charge in [0.25, 0.3) is 0 Å². The topological polar surface area (TPSA) is 42.2 Å². The Morgan fingerprint density at radius 3 is 2.33 bits per heavy atom. The van der Waals surface area contributed by atoms with Crippen LogP contribution >= 0.6 is 0 Å². The Morgan fingerprint density at radius 2 is 1.81 bits per heavy atom. The summed E-state index contributed by atoms with van der Waals surface area (Å²) in [6.07, 6.45) is 8.94. The van der Waals surface area contributed by atoms with Crippen LogP contribution in [0.5, 0.6) is 0 Å². The molecule has 1 aromatic rings. The molecule has 1 aromatic heterocycles. The van der Waals surface area contributed by atoms with Crippen LogP contribution in [-0.4, -0.2) is 5.91 Å². The molecule has 0 spiro atoms. The van der Waals surface area contributed by atoms with Crippen molar-refractivity contribution in [2.75, 3.05) is 0 Å². The highest BCUT2D eigenvalue weighted by atomic mass is 16.3. The van der Waals surface area contributed by atoms with Gasteiger partial charge in [0.1, 0.15) is 11.5 Å². The highest BCUT2D eigenvalue weighted by molar-refractivity contribution is 5.76. The van der Waals surface area contributed by atoms with Crippen molar-refractivity contribution in [3.63, 3.8) is 0 Å². The maximum atomic E-state index is 12.4. The largest absolute Gasteiger partial charge is 0.465 e. The number of nitrogens with one attached hydrogen (secondary N) is 1. The van der Waals surface area contributed by atoms with E-state index in [2.05, 4.69) is 5.32 Å². The fourth-order valence-electron chi connectivity index (χ4n) is 5.68. The fraction of sp³-hybridized carbons (Fsp3) is 0.722.